The third kappa shape index (κ3) is 6.05. The number of ether oxygens (including phenoxy) is 2. The van der Waals surface area contributed by atoms with Crippen LogP contribution in [0.5, 0.6) is 5.75 Å². The molecule has 0 radical (unpaired) electrons. The summed E-state index contributed by atoms with van der Waals surface area (Å²) in [5.41, 5.74) is 7.87. The van der Waals surface area contributed by atoms with Crippen molar-refractivity contribution in [1.29, 1.82) is 0 Å². The maximum atomic E-state index is 12.8. The number of aromatic amines is 1. The predicted molar refractivity (Wildman–Crippen MR) is 158 cm³/mol. The van der Waals surface area contributed by atoms with Crippen molar-refractivity contribution < 1.29 is 14.3 Å². The van der Waals surface area contributed by atoms with Gasteiger partial charge in [0.2, 0.25) is 5.56 Å². The third-order valence-electron chi connectivity index (χ3n) is 8.10. The summed E-state index contributed by atoms with van der Waals surface area (Å²) in [4.78, 5) is 30.2. The number of benzene rings is 2. The molecule has 0 fully saturated rings. The molecule has 1 aliphatic heterocycles. The first-order valence-electron chi connectivity index (χ1n) is 14.3. The Labute approximate surface area is 240 Å². The van der Waals surface area contributed by atoms with Gasteiger partial charge in [-0.15, -0.1) is 5.10 Å². The van der Waals surface area contributed by atoms with E-state index in [1.54, 1.807) is 10.7 Å². The average molecular weight is 558 g/mol. The van der Waals surface area contributed by atoms with Gasteiger partial charge in [0.05, 0.1) is 24.2 Å². The zero-order valence-corrected chi connectivity index (χ0v) is 24.7. The molecule has 9 heteroatoms. The molecule has 41 heavy (non-hydrogen) atoms. The fraction of sp³-hybridized carbons (Fsp3) is 0.438. The second kappa shape index (κ2) is 11.9. The van der Waals surface area contributed by atoms with Crippen LogP contribution in [0.2, 0.25) is 0 Å². The summed E-state index contributed by atoms with van der Waals surface area (Å²) in [5.74, 6) is 0.604. The van der Waals surface area contributed by atoms with Crippen LogP contribution in [0.25, 0.3) is 11.0 Å². The van der Waals surface area contributed by atoms with Gasteiger partial charge in [-0.05, 0) is 66.6 Å². The minimum atomic E-state index is -0.233. The number of hydrogen-bond donors (Lipinski definition) is 1. The fourth-order valence-electron chi connectivity index (χ4n) is 5.68. The average Bonchev–Trinajstić information content (AvgIpc) is 3.21. The van der Waals surface area contributed by atoms with Gasteiger partial charge < -0.3 is 14.5 Å². The third-order valence-corrected chi connectivity index (χ3v) is 8.10. The van der Waals surface area contributed by atoms with Gasteiger partial charge in [-0.2, -0.15) is 0 Å². The van der Waals surface area contributed by atoms with Crippen LogP contribution >= 0.6 is 0 Å². The van der Waals surface area contributed by atoms with E-state index in [1.807, 2.05) is 27.0 Å². The molecule has 2 aromatic heterocycles. The molecule has 0 aliphatic carbocycles. The van der Waals surface area contributed by atoms with Gasteiger partial charge in [0.1, 0.15) is 17.4 Å². The topological polar surface area (TPSA) is 102 Å². The van der Waals surface area contributed by atoms with Gasteiger partial charge in [0.25, 0.3) is 0 Å². The first-order valence-corrected chi connectivity index (χ1v) is 14.3. The number of carbonyl (C=O) groups excluding carboxylic acids is 1. The lowest BCUT2D eigenvalue weighted by Gasteiger charge is -2.27. The monoisotopic (exact) mass is 557 g/mol. The van der Waals surface area contributed by atoms with Gasteiger partial charge in [-0.25, -0.2) is 4.68 Å². The Hall–Kier alpha value is -3.98. The molecule has 216 valence electrons. The number of nitrogens with zero attached hydrogens (tertiary/aromatic N) is 4. The Bertz CT molecular complexity index is 1620. The van der Waals surface area contributed by atoms with Crippen LogP contribution in [0.4, 0.5) is 0 Å². The second-order valence-corrected chi connectivity index (χ2v) is 11.3. The van der Waals surface area contributed by atoms with Crippen LogP contribution in [0.1, 0.15) is 66.6 Å². The Morgan fingerprint density at radius 2 is 1.98 bits per heavy atom. The molecule has 3 heterocycles. The van der Waals surface area contributed by atoms with E-state index in [1.165, 1.54) is 11.6 Å². The molecule has 0 saturated carbocycles. The molecule has 0 unspecified atom stereocenters. The summed E-state index contributed by atoms with van der Waals surface area (Å²) in [5, 5.41) is 8.58. The molecule has 2 aromatic carbocycles. The standard InChI is InChI=1S/C32H39N5O4/c1-7-40-31(39)15-25(24-10-11-27-32(21(24)5)34-35-36(27)6)22-9-8-20(4)23(14-22)16-37-17-26-28(12-13-30(38)33-26)41-29(18-37)19(2)3/h8-14,19,25,29H,7,15-18H2,1-6H3,(H,33,38)/t25-,29-/m1/s1. The summed E-state index contributed by atoms with van der Waals surface area (Å²) >= 11 is 0. The van der Waals surface area contributed by atoms with Gasteiger partial charge >= 0.3 is 5.97 Å². The number of aryl methyl sites for hydroxylation is 3. The molecule has 0 bridgehead atoms. The first kappa shape index (κ1) is 28.5. The molecular weight excluding hydrogens is 518 g/mol. The van der Waals surface area contributed by atoms with Gasteiger partial charge in [-0.3, -0.25) is 14.5 Å². The van der Waals surface area contributed by atoms with E-state index in [4.69, 9.17) is 9.47 Å². The highest BCUT2D eigenvalue weighted by Crippen LogP contribution is 2.35. The molecule has 1 aliphatic rings. The largest absolute Gasteiger partial charge is 0.487 e. The van der Waals surface area contributed by atoms with E-state index in [0.29, 0.717) is 25.6 Å². The number of rotatable bonds is 8. The van der Waals surface area contributed by atoms with Crippen LogP contribution in [0.15, 0.2) is 47.3 Å². The maximum absolute atomic E-state index is 12.8. The number of pyridine rings is 1. The predicted octanol–water partition coefficient (Wildman–Crippen LogP) is 4.78. The van der Waals surface area contributed by atoms with Crippen molar-refractivity contribution in [3.05, 3.63) is 86.3 Å². The second-order valence-electron chi connectivity index (χ2n) is 11.3. The molecule has 0 spiro atoms. The number of H-pyrrole nitrogens is 1. The SMILES string of the molecule is CCOC(=O)C[C@H](c1ccc(C)c(CN2Cc3[nH]c(=O)ccc3O[C@@H](C(C)C)C2)c1)c1ccc2c(nnn2C)c1C. The normalized spacial score (nSPS) is 16.3. The highest BCUT2D eigenvalue weighted by Gasteiger charge is 2.27. The number of aromatic nitrogens is 4. The number of nitrogens with one attached hydrogen (secondary N) is 1. The quantitative estimate of drug-likeness (QED) is 0.311. The summed E-state index contributed by atoms with van der Waals surface area (Å²) in [7, 11) is 1.88. The Morgan fingerprint density at radius 3 is 2.73 bits per heavy atom. The number of hydrogen-bond acceptors (Lipinski definition) is 7. The lowest BCUT2D eigenvalue weighted by atomic mass is 9.84. The Balaban J connectivity index is 1.52. The van der Waals surface area contributed by atoms with E-state index < -0.39 is 0 Å². The van der Waals surface area contributed by atoms with Gasteiger partial charge in [0.15, 0.2) is 0 Å². The first-order chi connectivity index (χ1) is 19.6. The summed E-state index contributed by atoms with van der Waals surface area (Å²) in [6.07, 6.45) is 0.216. The highest BCUT2D eigenvalue weighted by atomic mass is 16.5. The lowest BCUT2D eigenvalue weighted by molar-refractivity contribution is -0.143. The molecular formula is C32H39N5O4. The van der Waals surface area contributed by atoms with Crippen LogP contribution < -0.4 is 10.3 Å². The van der Waals surface area contributed by atoms with Crippen LogP contribution in [0.3, 0.4) is 0 Å². The highest BCUT2D eigenvalue weighted by molar-refractivity contribution is 5.80. The zero-order chi connectivity index (χ0) is 29.3. The Kier molecular flexibility index (Phi) is 8.26. The number of esters is 1. The van der Waals surface area contributed by atoms with Crippen molar-refractivity contribution >= 4 is 17.0 Å². The van der Waals surface area contributed by atoms with Crippen LogP contribution in [0, 0.1) is 19.8 Å². The summed E-state index contributed by atoms with van der Waals surface area (Å²) < 4.78 is 13.5. The summed E-state index contributed by atoms with van der Waals surface area (Å²) in [6.45, 7) is 12.6. The van der Waals surface area contributed by atoms with E-state index in [0.717, 1.165) is 51.3 Å². The van der Waals surface area contributed by atoms with Crippen molar-refractivity contribution in [3.63, 3.8) is 0 Å². The number of carbonyl (C=O) groups is 1. The van der Waals surface area contributed by atoms with Crippen molar-refractivity contribution in [2.75, 3.05) is 13.2 Å². The Morgan fingerprint density at radius 1 is 1.17 bits per heavy atom. The molecule has 5 rings (SSSR count). The molecule has 1 N–H and O–H groups in total. The maximum Gasteiger partial charge on any atom is 0.306 e. The molecule has 0 saturated heterocycles. The van der Waals surface area contributed by atoms with Crippen molar-refractivity contribution in [2.24, 2.45) is 13.0 Å². The number of fused-ring (bicyclic) bond motifs is 2. The molecule has 2 atom stereocenters. The lowest BCUT2D eigenvalue weighted by Crippen LogP contribution is -2.36. The van der Waals surface area contributed by atoms with Gasteiger partial charge in [-0.1, -0.05) is 43.3 Å². The van der Waals surface area contributed by atoms with E-state index in [9.17, 15) is 9.59 Å². The van der Waals surface area contributed by atoms with Crippen LogP contribution in [-0.2, 0) is 29.7 Å². The molecule has 4 aromatic rings. The van der Waals surface area contributed by atoms with E-state index >= 15 is 0 Å². The summed E-state index contributed by atoms with van der Waals surface area (Å²) in [6, 6.07) is 13.8. The molecule has 9 nitrogen and oxygen atoms in total. The van der Waals surface area contributed by atoms with E-state index in [2.05, 4.69) is 65.2 Å². The van der Waals surface area contributed by atoms with Crippen molar-refractivity contribution in [1.82, 2.24) is 24.9 Å². The smallest absolute Gasteiger partial charge is 0.306 e. The van der Waals surface area contributed by atoms with Crippen LogP contribution in [-0.4, -0.2) is 50.1 Å². The van der Waals surface area contributed by atoms with E-state index in [-0.39, 0.29) is 30.0 Å². The fourth-order valence-corrected chi connectivity index (χ4v) is 5.68. The minimum Gasteiger partial charge on any atom is -0.487 e. The minimum absolute atomic E-state index is 0.0106. The van der Waals surface area contributed by atoms with Crippen molar-refractivity contribution in [2.45, 2.75) is 66.2 Å². The molecule has 0 amide bonds. The van der Waals surface area contributed by atoms with Gasteiger partial charge in [0, 0.05) is 38.7 Å². The zero-order valence-electron chi connectivity index (χ0n) is 24.7. The van der Waals surface area contributed by atoms with Crippen molar-refractivity contribution in [3.8, 4) is 5.75 Å².